The number of nitrogens with zero attached hydrogens (tertiary/aromatic N) is 2. The molecule has 0 fully saturated rings. The summed E-state index contributed by atoms with van der Waals surface area (Å²) in [7, 11) is 3.23. The highest BCUT2D eigenvalue weighted by molar-refractivity contribution is 6.18. The molecule has 1 amide bonds. The first-order chi connectivity index (χ1) is 15.2. The smallest absolute Gasteiger partial charge is 0.262 e. The first kappa shape index (κ1) is 20.9. The van der Waals surface area contributed by atoms with Crippen molar-refractivity contribution in [2.45, 2.75) is 0 Å². The predicted octanol–water partition coefficient (Wildman–Crippen LogP) is 5.08. The lowest BCUT2D eigenvalue weighted by molar-refractivity contribution is 0.0983. The van der Waals surface area contributed by atoms with E-state index >= 15 is 0 Å². The van der Waals surface area contributed by atoms with Gasteiger partial charge in [0.2, 0.25) is 0 Å². The summed E-state index contributed by atoms with van der Waals surface area (Å²) in [6.45, 7) is 0.779. The molecule has 0 radical (unpaired) electrons. The Morgan fingerprint density at radius 1 is 0.839 bits per heavy atom. The summed E-state index contributed by atoms with van der Waals surface area (Å²) in [4.78, 5) is 17.2. The topological polar surface area (TPSA) is 51.2 Å². The molecule has 7 heteroatoms. The molecule has 1 aliphatic heterocycles. The van der Waals surface area contributed by atoms with Gasteiger partial charge in [-0.25, -0.2) is 0 Å². The van der Waals surface area contributed by atoms with Crippen LogP contribution in [-0.4, -0.2) is 39.3 Å². The van der Waals surface area contributed by atoms with Gasteiger partial charge in [-0.05, 0) is 60.7 Å². The van der Waals surface area contributed by atoms with Crippen molar-refractivity contribution in [1.29, 1.82) is 0 Å². The molecule has 4 rings (SSSR count). The minimum Gasteiger partial charge on any atom is -0.497 e. The molecule has 3 aromatic rings. The van der Waals surface area contributed by atoms with Crippen molar-refractivity contribution in [1.82, 2.24) is 0 Å². The standard InChI is InChI=1S/C24H23ClN2O4/c1-29-19-10-6-18(7-11-19)27-16-26(17-8-12-20(13-9-17)31-15-14-25)23-21(24(27)28)4-3-5-22(23)30-2/h3-13H,14-16H2,1-2H3. The average molecular weight is 439 g/mol. The van der Waals surface area contributed by atoms with E-state index in [-0.39, 0.29) is 5.91 Å². The number of para-hydroxylation sites is 1. The highest BCUT2D eigenvalue weighted by Gasteiger charge is 2.33. The minimum atomic E-state index is -0.0858. The monoisotopic (exact) mass is 438 g/mol. The van der Waals surface area contributed by atoms with Crippen molar-refractivity contribution in [3.8, 4) is 17.2 Å². The molecule has 160 valence electrons. The second-order valence-electron chi connectivity index (χ2n) is 6.89. The number of anilines is 3. The van der Waals surface area contributed by atoms with Gasteiger partial charge in [-0.3, -0.25) is 9.69 Å². The van der Waals surface area contributed by atoms with Gasteiger partial charge in [0.05, 0.1) is 31.4 Å². The van der Waals surface area contributed by atoms with Crippen LogP contribution in [0.3, 0.4) is 0 Å². The third-order valence-corrected chi connectivity index (χ3v) is 5.28. The van der Waals surface area contributed by atoms with E-state index in [1.165, 1.54) is 0 Å². The zero-order chi connectivity index (χ0) is 21.8. The molecule has 0 spiro atoms. The van der Waals surface area contributed by atoms with Crippen LogP contribution >= 0.6 is 11.6 Å². The molecule has 0 bridgehead atoms. The van der Waals surface area contributed by atoms with Crippen LogP contribution in [0.4, 0.5) is 17.1 Å². The van der Waals surface area contributed by atoms with Gasteiger partial charge < -0.3 is 19.1 Å². The number of alkyl halides is 1. The summed E-state index contributed by atoms with van der Waals surface area (Å²) in [5, 5.41) is 0. The SMILES string of the molecule is COc1ccc(N2CN(c3ccc(OCCCl)cc3)c3c(OC)cccc3C2=O)cc1. The lowest BCUT2D eigenvalue weighted by Crippen LogP contribution is -2.45. The molecule has 0 aromatic heterocycles. The fourth-order valence-corrected chi connectivity index (χ4v) is 3.69. The fraction of sp³-hybridized carbons (Fsp3) is 0.208. The van der Waals surface area contributed by atoms with Gasteiger partial charge >= 0.3 is 0 Å². The fourth-order valence-electron chi connectivity index (χ4n) is 3.61. The molecule has 0 atom stereocenters. The molecule has 31 heavy (non-hydrogen) atoms. The number of amides is 1. The number of rotatable bonds is 7. The van der Waals surface area contributed by atoms with Crippen molar-refractivity contribution in [2.75, 3.05) is 43.2 Å². The minimum absolute atomic E-state index is 0.0858. The summed E-state index contributed by atoms with van der Waals surface area (Å²) in [6, 6.07) is 20.7. The van der Waals surface area contributed by atoms with Gasteiger partial charge in [0.1, 0.15) is 30.5 Å². The quantitative estimate of drug-likeness (QED) is 0.481. The zero-order valence-corrected chi connectivity index (χ0v) is 18.1. The van der Waals surface area contributed by atoms with Crippen LogP contribution < -0.4 is 24.0 Å². The molecular weight excluding hydrogens is 416 g/mol. The molecule has 1 heterocycles. The normalized spacial score (nSPS) is 13.1. The molecule has 0 N–H and O–H groups in total. The van der Waals surface area contributed by atoms with E-state index in [2.05, 4.69) is 4.90 Å². The Balaban J connectivity index is 1.75. The van der Waals surface area contributed by atoms with Crippen LogP contribution in [0.15, 0.2) is 66.7 Å². The van der Waals surface area contributed by atoms with E-state index in [4.69, 9.17) is 25.8 Å². The van der Waals surface area contributed by atoms with E-state index in [1.807, 2.05) is 66.7 Å². The zero-order valence-electron chi connectivity index (χ0n) is 17.4. The van der Waals surface area contributed by atoms with Crippen molar-refractivity contribution in [3.05, 3.63) is 72.3 Å². The maximum atomic E-state index is 13.4. The summed E-state index contributed by atoms with van der Waals surface area (Å²) < 4.78 is 16.4. The van der Waals surface area contributed by atoms with Crippen LogP contribution in [0.1, 0.15) is 10.4 Å². The van der Waals surface area contributed by atoms with E-state index in [0.717, 1.165) is 28.6 Å². The molecular formula is C24H23ClN2O4. The maximum Gasteiger partial charge on any atom is 0.262 e. The molecule has 0 aliphatic carbocycles. The Morgan fingerprint density at radius 3 is 2.10 bits per heavy atom. The number of carbonyl (C=O) groups excluding carboxylic acids is 1. The number of halogens is 1. The van der Waals surface area contributed by atoms with Crippen molar-refractivity contribution in [3.63, 3.8) is 0 Å². The number of fused-ring (bicyclic) bond motifs is 1. The summed E-state index contributed by atoms with van der Waals surface area (Å²) in [5.41, 5.74) is 3.01. The molecule has 1 aliphatic rings. The molecule has 0 saturated heterocycles. The second-order valence-corrected chi connectivity index (χ2v) is 7.27. The van der Waals surface area contributed by atoms with Crippen LogP contribution in [-0.2, 0) is 0 Å². The third-order valence-electron chi connectivity index (χ3n) is 5.13. The van der Waals surface area contributed by atoms with Crippen molar-refractivity contribution >= 4 is 34.6 Å². The first-order valence-corrected chi connectivity index (χ1v) is 10.4. The number of carbonyl (C=O) groups is 1. The van der Waals surface area contributed by atoms with Gasteiger partial charge in [-0.15, -0.1) is 11.6 Å². The van der Waals surface area contributed by atoms with E-state index in [1.54, 1.807) is 19.1 Å². The Hall–Kier alpha value is -3.38. The van der Waals surface area contributed by atoms with Gasteiger partial charge in [0.15, 0.2) is 0 Å². The number of benzene rings is 3. The summed E-state index contributed by atoms with van der Waals surface area (Å²) >= 11 is 5.71. The predicted molar refractivity (Wildman–Crippen MR) is 122 cm³/mol. The molecule has 3 aromatic carbocycles. The highest BCUT2D eigenvalue weighted by atomic mass is 35.5. The van der Waals surface area contributed by atoms with Crippen molar-refractivity contribution in [2.24, 2.45) is 0 Å². The first-order valence-electron chi connectivity index (χ1n) is 9.85. The van der Waals surface area contributed by atoms with Gasteiger partial charge in [-0.2, -0.15) is 0 Å². The lowest BCUT2D eigenvalue weighted by atomic mass is 10.1. The van der Waals surface area contributed by atoms with Gasteiger partial charge in [-0.1, -0.05) is 6.07 Å². The second kappa shape index (κ2) is 9.18. The average Bonchev–Trinajstić information content (AvgIpc) is 2.83. The number of hydrogen-bond acceptors (Lipinski definition) is 5. The molecule has 0 unspecified atom stereocenters. The lowest BCUT2D eigenvalue weighted by Gasteiger charge is -2.38. The summed E-state index contributed by atoms with van der Waals surface area (Å²) in [5.74, 6) is 2.46. The van der Waals surface area contributed by atoms with Crippen molar-refractivity contribution < 1.29 is 19.0 Å². The Labute approximate surface area is 186 Å². The Kier molecular flexibility index (Phi) is 6.18. The maximum absolute atomic E-state index is 13.4. The molecule has 6 nitrogen and oxygen atoms in total. The number of methoxy groups -OCH3 is 2. The van der Waals surface area contributed by atoms with E-state index in [0.29, 0.717) is 30.5 Å². The van der Waals surface area contributed by atoms with Gasteiger partial charge in [0, 0.05) is 11.4 Å². The molecule has 0 saturated carbocycles. The number of hydrogen-bond donors (Lipinski definition) is 0. The van der Waals surface area contributed by atoms with Crippen LogP contribution in [0.5, 0.6) is 17.2 Å². The van der Waals surface area contributed by atoms with Crippen LogP contribution in [0, 0.1) is 0 Å². The van der Waals surface area contributed by atoms with Gasteiger partial charge in [0.25, 0.3) is 5.91 Å². The van der Waals surface area contributed by atoms with E-state index < -0.39 is 0 Å². The highest BCUT2D eigenvalue weighted by Crippen LogP contribution is 2.42. The number of ether oxygens (including phenoxy) is 3. The van der Waals surface area contributed by atoms with Crippen LogP contribution in [0.2, 0.25) is 0 Å². The largest absolute Gasteiger partial charge is 0.497 e. The van der Waals surface area contributed by atoms with E-state index in [9.17, 15) is 4.79 Å². The van der Waals surface area contributed by atoms with Crippen LogP contribution in [0.25, 0.3) is 0 Å². The third kappa shape index (κ3) is 4.11. The Bertz CT molecular complexity index is 1050. The Morgan fingerprint density at radius 2 is 1.48 bits per heavy atom. The summed E-state index contributed by atoms with van der Waals surface area (Å²) in [6.07, 6.45) is 0.